The molecule has 0 bridgehead atoms. The van der Waals surface area contributed by atoms with Crippen molar-refractivity contribution in [1.29, 1.82) is 0 Å². The highest BCUT2D eigenvalue weighted by Gasteiger charge is 2.16. The molecule has 0 aliphatic heterocycles. The Morgan fingerprint density at radius 1 is 1.20 bits per heavy atom. The zero-order chi connectivity index (χ0) is 21.8. The second-order valence-corrected chi connectivity index (χ2v) is 6.51. The van der Waals surface area contributed by atoms with Gasteiger partial charge in [-0.05, 0) is 30.3 Å². The van der Waals surface area contributed by atoms with Crippen molar-refractivity contribution in [3.63, 3.8) is 0 Å². The number of benzene rings is 2. The monoisotopic (exact) mass is 414 g/mol. The van der Waals surface area contributed by atoms with Gasteiger partial charge in [0, 0.05) is 25.8 Å². The molecule has 3 aromatic rings. The van der Waals surface area contributed by atoms with Crippen LogP contribution in [0.4, 0.5) is 11.4 Å². The van der Waals surface area contributed by atoms with Crippen molar-refractivity contribution in [3.8, 4) is 5.75 Å². The molecule has 0 radical (unpaired) electrons. The maximum absolute atomic E-state index is 12.3. The summed E-state index contributed by atoms with van der Waals surface area (Å²) in [4.78, 5) is 47.5. The predicted octanol–water partition coefficient (Wildman–Crippen LogP) is 1.61. The SMILES string of the molecule is CN(C)C(=O)COc1ccc(NC(=O)Cn2c(=O)oc3cc([N+](=O)[O-])ccc32)cc1. The fraction of sp³-hybridized carbons (Fsp3) is 0.211. The molecule has 0 fully saturated rings. The number of aromatic nitrogens is 1. The molecular weight excluding hydrogens is 396 g/mol. The molecule has 1 aromatic heterocycles. The van der Waals surface area contributed by atoms with Crippen LogP contribution in [-0.4, -0.2) is 46.9 Å². The Kier molecular flexibility index (Phi) is 5.81. The minimum Gasteiger partial charge on any atom is -0.484 e. The molecule has 156 valence electrons. The fourth-order valence-electron chi connectivity index (χ4n) is 2.57. The first-order valence-electron chi connectivity index (χ1n) is 8.75. The summed E-state index contributed by atoms with van der Waals surface area (Å²) in [5.74, 6) is -1.01. The number of hydrogen-bond acceptors (Lipinski definition) is 7. The largest absolute Gasteiger partial charge is 0.484 e. The quantitative estimate of drug-likeness (QED) is 0.458. The number of rotatable bonds is 7. The molecule has 0 aliphatic rings. The maximum Gasteiger partial charge on any atom is 0.420 e. The maximum atomic E-state index is 12.3. The molecule has 2 aromatic carbocycles. The molecule has 1 N–H and O–H groups in total. The van der Waals surface area contributed by atoms with E-state index in [0.29, 0.717) is 11.4 Å². The fourth-order valence-corrected chi connectivity index (χ4v) is 2.57. The van der Waals surface area contributed by atoms with Crippen molar-refractivity contribution in [2.45, 2.75) is 6.54 Å². The summed E-state index contributed by atoms with van der Waals surface area (Å²) in [5.41, 5.74) is 0.538. The second kappa shape index (κ2) is 8.47. The van der Waals surface area contributed by atoms with Gasteiger partial charge >= 0.3 is 5.76 Å². The van der Waals surface area contributed by atoms with Gasteiger partial charge in [0.25, 0.3) is 11.6 Å². The number of ether oxygens (including phenoxy) is 1. The summed E-state index contributed by atoms with van der Waals surface area (Å²) in [5, 5.41) is 13.5. The number of nitrogens with zero attached hydrogens (tertiary/aromatic N) is 3. The van der Waals surface area contributed by atoms with Crippen LogP contribution in [0.2, 0.25) is 0 Å². The number of nitro benzene ring substituents is 1. The Labute approximate surface area is 169 Å². The number of nitro groups is 1. The second-order valence-electron chi connectivity index (χ2n) is 6.51. The van der Waals surface area contributed by atoms with E-state index in [1.165, 1.54) is 17.0 Å². The molecule has 3 rings (SSSR count). The smallest absolute Gasteiger partial charge is 0.420 e. The van der Waals surface area contributed by atoms with Crippen LogP contribution < -0.4 is 15.8 Å². The average molecular weight is 414 g/mol. The molecule has 30 heavy (non-hydrogen) atoms. The standard InChI is InChI=1S/C19H18N4O7/c1-21(2)18(25)11-29-14-6-3-12(4-7-14)20-17(24)10-22-15-8-5-13(23(27)28)9-16(15)30-19(22)26/h3-9H,10-11H2,1-2H3,(H,20,24). The van der Waals surface area contributed by atoms with E-state index >= 15 is 0 Å². The van der Waals surface area contributed by atoms with Gasteiger partial charge in [0.2, 0.25) is 5.91 Å². The van der Waals surface area contributed by atoms with Crippen LogP contribution in [0.25, 0.3) is 11.1 Å². The van der Waals surface area contributed by atoms with Gasteiger partial charge in [0.15, 0.2) is 12.2 Å². The Morgan fingerprint density at radius 3 is 2.53 bits per heavy atom. The molecule has 0 spiro atoms. The highest BCUT2D eigenvalue weighted by molar-refractivity contribution is 5.91. The minimum absolute atomic E-state index is 0.0239. The average Bonchev–Trinajstić information content (AvgIpc) is 3.01. The zero-order valence-electron chi connectivity index (χ0n) is 16.2. The van der Waals surface area contributed by atoms with Crippen LogP contribution in [0.15, 0.2) is 51.7 Å². The Bertz CT molecular complexity index is 1160. The van der Waals surface area contributed by atoms with E-state index in [1.54, 1.807) is 38.4 Å². The summed E-state index contributed by atoms with van der Waals surface area (Å²) in [6.07, 6.45) is 0. The van der Waals surface area contributed by atoms with E-state index < -0.39 is 16.6 Å². The number of carbonyl (C=O) groups excluding carboxylic acids is 2. The highest BCUT2D eigenvalue weighted by Crippen LogP contribution is 2.20. The molecule has 0 atom stereocenters. The molecule has 0 aliphatic carbocycles. The van der Waals surface area contributed by atoms with Crippen LogP contribution in [0.1, 0.15) is 0 Å². The lowest BCUT2D eigenvalue weighted by Crippen LogP contribution is -2.27. The number of likely N-dealkylation sites (N-methyl/N-ethyl adjacent to an activating group) is 1. The predicted molar refractivity (Wildman–Crippen MR) is 106 cm³/mol. The van der Waals surface area contributed by atoms with Gasteiger partial charge in [-0.3, -0.25) is 24.3 Å². The van der Waals surface area contributed by atoms with Gasteiger partial charge in [-0.25, -0.2) is 4.79 Å². The normalized spacial score (nSPS) is 10.6. The van der Waals surface area contributed by atoms with Crippen molar-refractivity contribution in [3.05, 3.63) is 63.1 Å². The van der Waals surface area contributed by atoms with E-state index in [2.05, 4.69) is 5.32 Å². The van der Waals surface area contributed by atoms with E-state index in [1.807, 2.05) is 0 Å². The number of oxazole rings is 1. The molecular formula is C19H18N4O7. The Balaban J connectivity index is 1.66. The topological polar surface area (TPSA) is 137 Å². The van der Waals surface area contributed by atoms with Crippen molar-refractivity contribution in [1.82, 2.24) is 9.47 Å². The summed E-state index contributed by atoms with van der Waals surface area (Å²) in [7, 11) is 3.25. The van der Waals surface area contributed by atoms with Crippen LogP contribution in [0.5, 0.6) is 5.75 Å². The van der Waals surface area contributed by atoms with Crippen molar-refractivity contribution < 1.29 is 23.7 Å². The minimum atomic E-state index is -0.796. The number of amides is 2. The summed E-state index contributed by atoms with van der Waals surface area (Å²) in [6, 6.07) is 10.1. The van der Waals surface area contributed by atoms with Gasteiger partial charge < -0.3 is 19.4 Å². The van der Waals surface area contributed by atoms with Gasteiger partial charge in [-0.1, -0.05) is 0 Å². The molecule has 0 saturated heterocycles. The Morgan fingerprint density at radius 2 is 1.90 bits per heavy atom. The number of non-ortho nitro benzene ring substituents is 1. The number of carbonyl (C=O) groups is 2. The molecule has 0 unspecified atom stereocenters. The van der Waals surface area contributed by atoms with Gasteiger partial charge in [0.05, 0.1) is 16.5 Å². The number of anilines is 1. The lowest BCUT2D eigenvalue weighted by atomic mass is 10.3. The first-order chi connectivity index (χ1) is 14.2. The van der Waals surface area contributed by atoms with E-state index in [9.17, 15) is 24.5 Å². The number of nitrogens with one attached hydrogen (secondary N) is 1. The molecule has 11 heteroatoms. The van der Waals surface area contributed by atoms with Crippen LogP contribution in [0, 0.1) is 10.1 Å². The van der Waals surface area contributed by atoms with E-state index in [-0.39, 0.29) is 35.8 Å². The molecule has 11 nitrogen and oxygen atoms in total. The first-order valence-corrected chi connectivity index (χ1v) is 8.75. The Hall–Kier alpha value is -4.15. The van der Waals surface area contributed by atoms with Crippen molar-refractivity contribution in [2.75, 3.05) is 26.0 Å². The van der Waals surface area contributed by atoms with Gasteiger partial charge in [-0.2, -0.15) is 0 Å². The first kappa shape index (κ1) is 20.6. The number of hydrogen-bond donors (Lipinski definition) is 1. The van der Waals surface area contributed by atoms with Crippen molar-refractivity contribution in [2.24, 2.45) is 0 Å². The van der Waals surface area contributed by atoms with Crippen LogP contribution in [0.3, 0.4) is 0 Å². The lowest BCUT2D eigenvalue weighted by Gasteiger charge is -2.11. The summed E-state index contributed by atoms with van der Waals surface area (Å²) in [6.45, 7) is -0.438. The molecule has 1 heterocycles. The summed E-state index contributed by atoms with van der Waals surface area (Å²) < 4.78 is 11.4. The van der Waals surface area contributed by atoms with Crippen LogP contribution >= 0.6 is 0 Å². The zero-order valence-corrected chi connectivity index (χ0v) is 16.2. The van der Waals surface area contributed by atoms with Crippen LogP contribution in [-0.2, 0) is 16.1 Å². The number of fused-ring (bicyclic) bond motifs is 1. The van der Waals surface area contributed by atoms with Gasteiger partial charge in [-0.15, -0.1) is 0 Å². The summed E-state index contributed by atoms with van der Waals surface area (Å²) >= 11 is 0. The third kappa shape index (κ3) is 4.63. The third-order valence-electron chi connectivity index (χ3n) is 4.16. The molecule has 0 saturated carbocycles. The van der Waals surface area contributed by atoms with Gasteiger partial charge in [0.1, 0.15) is 12.3 Å². The lowest BCUT2D eigenvalue weighted by molar-refractivity contribution is -0.384. The van der Waals surface area contributed by atoms with E-state index in [4.69, 9.17) is 9.15 Å². The highest BCUT2D eigenvalue weighted by atomic mass is 16.6. The molecule has 2 amide bonds. The van der Waals surface area contributed by atoms with Crippen molar-refractivity contribution >= 4 is 34.3 Å². The van der Waals surface area contributed by atoms with E-state index in [0.717, 1.165) is 10.6 Å². The third-order valence-corrected chi connectivity index (χ3v) is 4.16.